The fourth-order valence-corrected chi connectivity index (χ4v) is 2.55. The summed E-state index contributed by atoms with van der Waals surface area (Å²) in [5, 5.41) is 19.6. The molecule has 0 radical (unpaired) electrons. The van der Waals surface area contributed by atoms with Crippen molar-refractivity contribution < 1.29 is 9.50 Å². The lowest BCUT2D eigenvalue weighted by Gasteiger charge is -2.28. The molecule has 1 aromatic carbocycles. The van der Waals surface area contributed by atoms with Crippen LogP contribution in [0.2, 0.25) is 0 Å². The Morgan fingerprint density at radius 3 is 3.00 bits per heavy atom. The lowest BCUT2D eigenvalue weighted by molar-refractivity contribution is -0.00227. The third-order valence-electron chi connectivity index (χ3n) is 3.45. The van der Waals surface area contributed by atoms with E-state index in [1.165, 1.54) is 12.1 Å². The molecule has 0 spiro atoms. The Kier molecular flexibility index (Phi) is 2.69. The molecule has 2 atom stereocenters. The van der Waals surface area contributed by atoms with E-state index in [2.05, 4.69) is 6.07 Å². The van der Waals surface area contributed by atoms with Gasteiger partial charge in [-0.2, -0.15) is 5.26 Å². The maximum atomic E-state index is 13.0. The van der Waals surface area contributed by atoms with Crippen LogP contribution in [-0.4, -0.2) is 5.11 Å². The highest BCUT2D eigenvalue weighted by Crippen LogP contribution is 2.43. The number of benzene rings is 1. The Labute approximate surface area is 94.3 Å². The molecule has 1 aliphatic rings. The molecule has 1 N–H and O–H groups in total. The molecule has 1 aromatic rings. The van der Waals surface area contributed by atoms with Crippen LogP contribution in [0.25, 0.3) is 0 Å². The van der Waals surface area contributed by atoms with Gasteiger partial charge in [0.1, 0.15) is 11.4 Å². The number of halogens is 1. The Morgan fingerprint density at radius 1 is 1.62 bits per heavy atom. The summed E-state index contributed by atoms with van der Waals surface area (Å²) < 4.78 is 13.0. The van der Waals surface area contributed by atoms with Crippen LogP contribution in [0, 0.1) is 23.1 Å². The molecule has 3 heteroatoms. The number of rotatable bonds is 2. The Bertz CT molecular complexity index is 452. The lowest BCUT2D eigenvalue weighted by Crippen LogP contribution is -2.31. The molecular formula is C13H14FNO. The summed E-state index contributed by atoms with van der Waals surface area (Å²) >= 11 is 0. The van der Waals surface area contributed by atoms with Gasteiger partial charge in [0.2, 0.25) is 0 Å². The highest BCUT2D eigenvalue weighted by molar-refractivity contribution is 5.39. The summed E-state index contributed by atoms with van der Waals surface area (Å²) in [6, 6.07) is 6.56. The largest absolute Gasteiger partial charge is 0.384 e. The smallest absolute Gasteiger partial charge is 0.123 e. The van der Waals surface area contributed by atoms with Gasteiger partial charge in [0.05, 0.1) is 12.0 Å². The van der Waals surface area contributed by atoms with Crippen LogP contribution in [0.4, 0.5) is 4.39 Å². The van der Waals surface area contributed by atoms with Gasteiger partial charge >= 0.3 is 0 Å². The Hall–Kier alpha value is -1.40. The van der Waals surface area contributed by atoms with Crippen LogP contribution >= 0.6 is 0 Å². The van der Waals surface area contributed by atoms with Gasteiger partial charge in [-0.3, -0.25) is 0 Å². The van der Waals surface area contributed by atoms with Gasteiger partial charge in [0, 0.05) is 0 Å². The average Bonchev–Trinajstić information content (AvgIpc) is 2.58. The van der Waals surface area contributed by atoms with Gasteiger partial charge in [-0.05, 0) is 42.5 Å². The van der Waals surface area contributed by atoms with E-state index < -0.39 is 11.5 Å². The Morgan fingerprint density at radius 2 is 2.38 bits per heavy atom. The molecule has 0 saturated carbocycles. The Balaban J connectivity index is 2.46. The number of hydrogen-bond donors (Lipinski definition) is 1. The monoisotopic (exact) mass is 219 g/mol. The second-order valence-electron chi connectivity index (χ2n) is 4.32. The fraction of sp³-hybridized carbons (Fsp3) is 0.462. The van der Waals surface area contributed by atoms with Crippen LogP contribution in [0.5, 0.6) is 0 Å². The van der Waals surface area contributed by atoms with Crippen LogP contribution in [-0.2, 0) is 12.0 Å². The average molecular weight is 219 g/mol. The van der Waals surface area contributed by atoms with Crippen molar-refractivity contribution in [3.05, 3.63) is 35.1 Å². The van der Waals surface area contributed by atoms with Crippen molar-refractivity contribution in [1.82, 2.24) is 0 Å². The van der Waals surface area contributed by atoms with E-state index in [0.717, 1.165) is 11.1 Å². The minimum absolute atomic E-state index is 0.284. The first-order chi connectivity index (χ1) is 7.61. The van der Waals surface area contributed by atoms with E-state index in [4.69, 9.17) is 5.26 Å². The van der Waals surface area contributed by atoms with Crippen LogP contribution in [0.3, 0.4) is 0 Å². The number of aliphatic hydroxyl groups is 1. The maximum Gasteiger partial charge on any atom is 0.123 e. The second-order valence-corrected chi connectivity index (χ2v) is 4.32. The molecule has 0 heterocycles. The first-order valence-corrected chi connectivity index (χ1v) is 5.52. The molecule has 0 bridgehead atoms. The highest BCUT2D eigenvalue weighted by Gasteiger charge is 2.42. The highest BCUT2D eigenvalue weighted by atomic mass is 19.1. The molecule has 2 rings (SSSR count). The standard InChI is InChI=1S/C13H14FNO/c1-2-10(8-15)13(16)6-5-9-7-11(14)3-4-12(9)13/h3-4,7,10,16H,2,5-6H2,1H3. The van der Waals surface area contributed by atoms with Gasteiger partial charge in [-0.1, -0.05) is 13.0 Å². The summed E-state index contributed by atoms with van der Waals surface area (Å²) in [7, 11) is 0. The van der Waals surface area contributed by atoms with Crippen molar-refractivity contribution in [3.8, 4) is 6.07 Å². The molecule has 0 aliphatic heterocycles. The van der Waals surface area contributed by atoms with E-state index in [9.17, 15) is 9.50 Å². The van der Waals surface area contributed by atoms with Gasteiger partial charge in [-0.25, -0.2) is 4.39 Å². The second kappa shape index (κ2) is 3.88. The van der Waals surface area contributed by atoms with Gasteiger partial charge < -0.3 is 5.11 Å². The van der Waals surface area contributed by atoms with Gasteiger partial charge in [-0.15, -0.1) is 0 Å². The summed E-state index contributed by atoms with van der Waals surface area (Å²) in [4.78, 5) is 0. The summed E-state index contributed by atoms with van der Waals surface area (Å²) in [6.07, 6.45) is 1.75. The number of nitrogens with zero attached hydrogens (tertiary/aromatic N) is 1. The molecule has 2 unspecified atom stereocenters. The van der Waals surface area contributed by atoms with Gasteiger partial charge in [0.15, 0.2) is 0 Å². The number of fused-ring (bicyclic) bond motifs is 1. The van der Waals surface area contributed by atoms with E-state index >= 15 is 0 Å². The van der Waals surface area contributed by atoms with Crippen molar-refractivity contribution in [1.29, 1.82) is 5.26 Å². The number of nitriles is 1. The lowest BCUT2D eigenvalue weighted by atomic mass is 9.82. The van der Waals surface area contributed by atoms with Crippen molar-refractivity contribution in [3.63, 3.8) is 0 Å². The summed E-state index contributed by atoms with van der Waals surface area (Å²) in [5.41, 5.74) is 0.463. The van der Waals surface area contributed by atoms with Crippen molar-refractivity contribution in [2.75, 3.05) is 0 Å². The van der Waals surface area contributed by atoms with Gasteiger partial charge in [0.25, 0.3) is 0 Å². The predicted octanol–water partition coefficient (Wildman–Crippen LogP) is 2.51. The van der Waals surface area contributed by atoms with Crippen LogP contribution in [0.15, 0.2) is 18.2 Å². The third kappa shape index (κ3) is 1.50. The quantitative estimate of drug-likeness (QED) is 0.830. The zero-order valence-corrected chi connectivity index (χ0v) is 9.20. The topological polar surface area (TPSA) is 44.0 Å². The van der Waals surface area contributed by atoms with E-state index in [1.54, 1.807) is 6.07 Å². The number of hydrogen-bond acceptors (Lipinski definition) is 2. The molecule has 1 aliphatic carbocycles. The SMILES string of the molecule is CCC(C#N)C1(O)CCc2cc(F)ccc21. The number of aryl methyl sites for hydroxylation is 1. The molecule has 2 nitrogen and oxygen atoms in total. The van der Waals surface area contributed by atoms with Crippen LogP contribution in [0.1, 0.15) is 30.9 Å². The van der Waals surface area contributed by atoms with E-state index in [1.807, 2.05) is 6.92 Å². The molecule has 84 valence electrons. The molecule has 0 amide bonds. The fourth-order valence-electron chi connectivity index (χ4n) is 2.55. The van der Waals surface area contributed by atoms with Crippen molar-refractivity contribution in [2.24, 2.45) is 5.92 Å². The molecule has 16 heavy (non-hydrogen) atoms. The third-order valence-corrected chi connectivity index (χ3v) is 3.45. The minimum Gasteiger partial charge on any atom is -0.384 e. The van der Waals surface area contributed by atoms with Crippen molar-refractivity contribution in [2.45, 2.75) is 31.8 Å². The zero-order valence-electron chi connectivity index (χ0n) is 9.20. The predicted molar refractivity (Wildman–Crippen MR) is 58.0 cm³/mol. The zero-order chi connectivity index (χ0) is 11.8. The molecule has 0 fully saturated rings. The van der Waals surface area contributed by atoms with E-state index in [-0.39, 0.29) is 5.82 Å². The van der Waals surface area contributed by atoms with E-state index in [0.29, 0.717) is 19.3 Å². The summed E-state index contributed by atoms with van der Waals surface area (Å²) in [6.45, 7) is 1.88. The summed E-state index contributed by atoms with van der Waals surface area (Å²) in [5.74, 6) is -0.702. The first kappa shape index (κ1) is 11.1. The van der Waals surface area contributed by atoms with Crippen LogP contribution < -0.4 is 0 Å². The maximum absolute atomic E-state index is 13.0. The minimum atomic E-state index is -1.09. The first-order valence-electron chi connectivity index (χ1n) is 5.52. The normalized spacial score (nSPS) is 24.9. The molecular weight excluding hydrogens is 205 g/mol. The van der Waals surface area contributed by atoms with Crippen molar-refractivity contribution >= 4 is 0 Å². The molecule has 0 saturated heterocycles. The molecule has 0 aromatic heterocycles.